The summed E-state index contributed by atoms with van der Waals surface area (Å²) in [5, 5.41) is 5.81. The third-order valence-electron chi connectivity index (χ3n) is 7.71. The predicted molar refractivity (Wildman–Crippen MR) is 137 cm³/mol. The summed E-state index contributed by atoms with van der Waals surface area (Å²) in [5.41, 5.74) is 3.20. The van der Waals surface area contributed by atoms with E-state index in [1.54, 1.807) is 30.6 Å². The highest BCUT2D eigenvalue weighted by Crippen LogP contribution is 2.44. The molecule has 2 aliphatic rings. The van der Waals surface area contributed by atoms with Crippen molar-refractivity contribution in [2.24, 2.45) is 11.8 Å². The van der Waals surface area contributed by atoms with Crippen molar-refractivity contribution in [3.05, 3.63) is 60.0 Å². The molecule has 4 nitrogen and oxygen atoms in total. The third-order valence-corrected chi connectivity index (χ3v) is 8.66. The number of halogens is 1. The second-order valence-corrected chi connectivity index (χ2v) is 11.0. The van der Waals surface area contributed by atoms with Crippen LogP contribution in [0.15, 0.2) is 48.7 Å². The van der Waals surface area contributed by atoms with E-state index in [4.69, 9.17) is 9.72 Å². The number of hydrogen-bond donors (Lipinski definition) is 1. The molecule has 0 bridgehead atoms. The van der Waals surface area contributed by atoms with Crippen molar-refractivity contribution in [1.29, 1.82) is 0 Å². The summed E-state index contributed by atoms with van der Waals surface area (Å²) in [4.78, 5) is 9.27. The smallest absolute Gasteiger partial charge is 0.184 e. The van der Waals surface area contributed by atoms with Crippen molar-refractivity contribution >= 4 is 37.6 Å². The second kappa shape index (κ2) is 9.14. The Morgan fingerprint density at radius 1 is 1.03 bits per heavy atom. The van der Waals surface area contributed by atoms with Crippen LogP contribution in [0.5, 0.6) is 5.75 Å². The van der Waals surface area contributed by atoms with Gasteiger partial charge in [0.2, 0.25) is 0 Å². The van der Waals surface area contributed by atoms with E-state index in [9.17, 15) is 4.39 Å². The van der Waals surface area contributed by atoms with Gasteiger partial charge < -0.3 is 10.1 Å². The van der Waals surface area contributed by atoms with Crippen LogP contribution in [-0.4, -0.2) is 23.1 Å². The molecule has 1 N–H and O–H groups in total. The summed E-state index contributed by atoms with van der Waals surface area (Å²) in [6, 6.07) is 13.6. The van der Waals surface area contributed by atoms with E-state index in [1.165, 1.54) is 56.6 Å². The number of benzene rings is 2. The molecule has 2 aromatic carbocycles. The molecule has 0 aliphatic heterocycles. The van der Waals surface area contributed by atoms with E-state index < -0.39 is 0 Å². The number of fused-ring (bicyclic) bond motifs is 2. The van der Waals surface area contributed by atoms with Gasteiger partial charge in [-0.25, -0.2) is 9.37 Å². The Labute approximate surface area is 203 Å². The monoisotopic (exact) mass is 475 g/mol. The first-order valence-electron chi connectivity index (χ1n) is 12.4. The SMILES string of the molecule is COc1ccc2nc(NC(C[C@H]3CC[C@@H](c4ccnc5ccc(F)cc54)CC3)C3CC3)sc2c1. The van der Waals surface area contributed by atoms with Crippen LogP contribution in [0.25, 0.3) is 21.1 Å². The molecule has 0 spiro atoms. The first-order chi connectivity index (χ1) is 16.7. The second-order valence-electron chi connectivity index (χ2n) is 9.96. The third kappa shape index (κ3) is 4.48. The summed E-state index contributed by atoms with van der Waals surface area (Å²) < 4.78 is 20.4. The number of nitrogens with zero attached hydrogens (tertiary/aromatic N) is 2. The summed E-state index contributed by atoms with van der Waals surface area (Å²) in [5.74, 6) is 2.69. The minimum atomic E-state index is -0.179. The minimum absolute atomic E-state index is 0.179. The maximum absolute atomic E-state index is 13.9. The van der Waals surface area contributed by atoms with Gasteiger partial charge in [0.05, 0.1) is 22.8 Å². The van der Waals surface area contributed by atoms with Gasteiger partial charge in [0.15, 0.2) is 5.13 Å². The Kier molecular flexibility index (Phi) is 5.85. The number of anilines is 1. The Morgan fingerprint density at radius 2 is 1.85 bits per heavy atom. The maximum atomic E-state index is 13.9. The van der Waals surface area contributed by atoms with Crippen LogP contribution in [0.4, 0.5) is 9.52 Å². The van der Waals surface area contributed by atoms with Gasteiger partial charge in [0.25, 0.3) is 0 Å². The molecule has 4 aromatic rings. The lowest BCUT2D eigenvalue weighted by Crippen LogP contribution is -2.27. The molecular formula is C28H30FN3OS. The fourth-order valence-electron chi connectivity index (χ4n) is 5.68. The minimum Gasteiger partial charge on any atom is -0.497 e. The molecule has 6 rings (SSSR count). The Hall–Kier alpha value is -2.73. The zero-order chi connectivity index (χ0) is 23.1. The highest BCUT2D eigenvalue weighted by molar-refractivity contribution is 7.22. The number of pyridine rings is 1. The molecule has 1 unspecified atom stereocenters. The lowest BCUT2D eigenvalue weighted by Gasteiger charge is -2.32. The van der Waals surface area contributed by atoms with E-state index in [0.717, 1.165) is 43.8 Å². The largest absolute Gasteiger partial charge is 0.497 e. The number of methoxy groups -OCH3 is 1. The summed E-state index contributed by atoms with van der Waals surface area (Å²) in [6.45, 7) is 0. The lowest BCUT2D eigenvalue weighted by molar-refractivity contribution is 0.292. The number of ether oxygens (including phenoxy) is 1. The first-order valence-corrected chi connectivity index (χ1v) is 13.2. The van der Waals surface area contributed by atoms with Crippen LogP contribution in [-0.2, 0) is 0 Å². The van der Waals surface area contributed by atoms with E-state index in [2.05, 4.69) is 22.4 Å². The molecule has 0 radical (unpaired) electrons. The topological polar surface area (TPSA) is 47.0 Å². The molecule has 2 saturated carbocycles. The van der Waals surface area contributed by atoms with Crippen molar-refractivity contribution < 1.29 is 9.13 Å². The highest BCUT2D eigenvalue weighted by atomic mass is 32.1. The first kappa shape index (κ1) is 21.8. The molecular weight excluding hydrogens is 445 g/mol. The fourth-order valence-corrected chi connectivity index (χ4v) is 6.64. The zero-order valence-electron chi connectivity index (χ0n) is 19.5. The number of rotatable bonds is 7. The quantitative estimate of drug-likeness (QED) is 0.300. The maximum Gasteiger partial charge on any atom is 0.184 e. The molecule has 0 saturated heterocycles. The molecule has 2 heterocycles. The van der Waals surface area contributed by atoms with Crippen molar-refractivity contribution in [2.45, 2.75) is 56.9 Å². The standard InChI is InChI=1S/C28H30FN3OS/c1-33-21-9-11-25-27(16-21)34-28(31-25)32-26(19-6-7-19)14-17-2-4-18(5-3-17)22-12-13-30-24-10-8-20(29)15-23(22)24/h8-13,15-19,26H,2-7,14H2,1H3,(H,31,32)/t17-,18+,26?. The van der Waals surface area contributed by atoms with Crippen LogP contribution in [0.1, 0.15) is 56.4 Å². The van der Waals surface area contributed by atoms with Gasteiger partial charge >= 0.3 is 0 Å². The molecule has 6 heteroatoms. The molecule has 176 valence electrons. The van der Waals surface area contributed by atoms with Crippen molar-refractivity contribution in [1.82, 2.24) is 9.97 Å². The highest BCUT2D eigenvalue weighted by Gasteiger charge is 2.35. The van der Waals surface area contributed by atoms with Gasteiger partial charge in [-0.15, -0.1) is 0 Å². The molecule has 34 heavy (non-hydrogen) atoms. The molecule has 0 amide bonds. The average molecular weight is 476 g/mol. The summed E-state index contributed by atoms with van der Waals surface area (Å²) >= 11 is 1.72. The van der Waals surface area contributed by atoms with Crippen LogP contribution >= 0.6 is 11.3 Å². The lowest BCUT2D eigenvalue weighted by atomic mass is 9.75. The van der Waals surface area contributed by atoms with Crippen molar-refractivity contribution in [3.63, 3.8) is 0 Å². The van der Waals surface area contributed by atoms with Crippen molar-refractivity contribution in [2.75, 3.05) is 12.4 Å². The van der Waals surface area contributed by atoms with Crippen LogP contribution < -0.4 is 10.1 Å². The van der Waals surface area contributed by atoms with Gasteiger partial charge in [-0.2, -0.15) is 0 Å². The van der Waals surface area contributed by atoms with Crippen LogP contribution in [0.2, 0.25) is 0 Å². The zero-order valence-corrected chi connectivity index (χ0v) is 20.3. The van der Waals surface area contributed by atoms with Gasteiger partial charge in [-0.1, -0.05) is 11.3 Å². The normalized spacial score (nSPS) is 21.6. The van der Waals surface area contributed by atoms with E-state index in [1.807, 2.05) is 18.3 Å². The number of aromatic nitrogens is 2. The van der Waals surface area contributed by atoms with E-state index >= 15 is 0 Å². The molecule has 2 aliphatic carbocycles. The Morgan fingerprint density at radius 3 is 2.65 bits per heavy atom. The summed E-state index contributed by atoms with van der Waals surface area (Å²) in [6.07, 6.45) is 10.5. The predicted octanol–water partition coefficient (Wildman–Crippen LogP) is 7.55. The van der Waals surface area contributed by atoms with Crippen molar-refractivity contribution in [3.8, 4) is 5.75 Å². The Bertz CT molecular complexity index is 1310. The van der Waals surface area contributed by atoms with E-state index in [-0.39, 0.29) is 5.82 Å². The molecule has 2 aromatic heterocycles. The number of thiazole rings is 1. The van der Waals surface area contributed by atoms with Gasteiger partial charge in [-0.05, 0) is 111 Å². The number of hydrogen-bond acceptors (Lipinski definition) is 5. The molecule has 2 fully saturated rings. The molecule has 1 atom stereocenters. The summed E-state index contributed by atoms with van der Waals surface area (Å²) in [7, 11) is 1.70. The fraction of sp³-hybridized carbons (Fsp3) is 0.429. The van der Waals surface area contributed by atoms with Gasteiger partial charge in [0, 0.05) is 17.6 Å². The van der Waals surface area contributed by atoms with Crippen LogP contribution in [0.3, 0.4) is 0 Å². The number of nitrogens with one attached hydrogen (secondary N) is 1. The van der Waals surface area contributed by atoms with Crippen LogP contribution in [0, 0.1) is 17.7 Å². The Balaban J connectivity index is 1.12. The van der Waals surface area contributed by atoms with Gasteiger partial charge in [0.1, 0.15) is 11.6 Å². The van der Waals surface area contributed by atoms with E-state index in [0.29, 0.717) is 12.0 Å². The average Bonchev–Trinajstić information content (AvgIpc) is 3.63. The van der Waals surface area contributed by atoms with Gasteiger partial charge in [-0.3, -0.25) is 4.98 Å².